The average Bonchev–Trinajstić information content (AvgIpc) is 2.75. The summed E-state index contributed by atoms with van der Waals surface area (Å²) in [5.74, 6) is 1.84. The van der Waals surface area contributed by atoms with Crippen molar-refractivity contribution >= 4 is 5.69 Å². The molecule has 2 heterocycles. The highest BCUT2D eigenvalue weighted by Crippen LogP contribution is 2.28. The van der Waals surface area contributed by atoms with E-state index in [1.165, 1.54) is 19.5 Å². The third-order valence-corrected chi connectivity index (χ3v) is 3.67. The van der Waals surface area contributed by atoms with Gasteiger partial charge in [-0.25, -0.2) is 0 Å². The molecule has 0 aromatic heterocycles. The predicted octanol–water partition coefficient (Wildman–Crippen LogP) is 2.20. The smallest absolute Gasteiger partial charge is 0.142 e. The fourth-order valence-corrected chi connectivity index (χ4v) is 2.74. The van der Waals surface area contributed by atoms with Crippen molar-refractivity contribution in [1.29, 1.82) is 0 Å². The summed E-state index contributed by atoms with van der Waals surface area (Å²) >= 11 is 0. The maximum Gasteiger partial charge on any atom is 0.142 e. The second-order valence-electron chi connectivity index (χ2n) is 5.27. The number of likely N-dealkylation sites (tertiary alicyclic amines) is 1. The lowest BCUT2D eigenvalue weighted by atomic mass is 10.2. The minimum absolute atomic E-state index is 0.287. The molecule has 2 atom stereocenters. The van der Waals surface area contributed by atoms with E-state index in [9.17, 15) is 0 Å². The number of fused-ring (bicyclic) bond motifs is 1. The van der Waals surface area contributed by atoms with E-state index in [1.54, 1.807) is 0 Å². The first-order valence-electron chi connectivity index (χ1n) is 6.53. The summed E-state index contributed by atoms with van der Waals surface area (Å²) in [4.78, 5) is 2.52. The molecule has 1 aromatic rings. The van der Waals surface area contributed by atoms with E-state index in [0.29, 0.717) is 0 Å². The summed E-state index contributed by atoms with van der Waals surface area (Å²) in [5, 5.41) is 3.45. The first-order chi connectivity index (χ1) is 8.31. The number of rotatable bonds is 2. The highest BCUT2D eigenvalue weighted by molar-refractivity contribution is 5.57. The number of nitrogens with one attached hydrogen (secondary N) is 1. The van der Waals surface area contributed by atoms with Crippen LogP contribution in [0.2, 0.25) is 0 Å². The second-order valence-corrected chi connectivity index (χ2v) is 5.27. The molecular formula is C14H20N2O. The Morgan fingerprint density at radius 2 is 2.29 bits per heavy atom. The van der Waals surface area contributed by atoms with E-state index in [1.807, 2.05) is 18.2 Å². The van der Waals surface area contributed by atoms with Gasteiger partial charge in [-0.05, 0) is 31.0 Å². The van der Waals surface area contributed by atoms with E-state index in [0.717, 1.165) is 30.4 Å². The molecule has 3 nitrogen and oxygen atoms in total. The summed E-state index contributed by atoms with van der Waals surface area (Å²) in [6, 6.07) is 8.18. The van der Waals surface area contributed by atoms with Crippen LogP contribution in [0.5, 0.6) is 5.75 Å². The van der Waals surface area contributed by atoms with Gasteiger partial charge in [0.25, 0.3) is 0 Å². The van der Waals surface area contributed by atoms with Crippen LogP contribution in [-0.2, 0) is 0 Å². The predicted molar refractivity (Wildman–Crippen MR) is 69.6 cm³/mol. The molecule has 0 radical (unpaired) electrons. The maximum absolute atomic E-state index is 6.02. The number of ether oxygens (including phenoxy) is 1. The Balaban J connectivity index is 1.61. The molecule has 2 aliphatic heterocycles. The van der Waals surface area contributed by atoms with E-state index in [4.69, 9.17) is 4.74 Å². The van der Waals surface area contributed by atoms with Crippen LogP contribution in [0, 0.1) is 5.92 Å². The van der Waals surface area contributed by atoms with Gasteiger partial charge in [0.1, 0.15) is 11.9 Å². The van der Waals surface area contributed by atoms with Crippen LogP contribution >= 0.6 is 0 Å². The first kappa shape index (κ1) is 10.9. The molecule has 17 heavy (non-hydrogen) atoms. The van der Waals surface area contributed by atoms with Crippen LogP contribution in [0.15, 0.2) is 24.3 Å². The van der Waals surface area contributed by atoms with Crippen LogP contribution in [0.4, 0.5) is 5.69 Å². The van der Waals surface area contributed by atoms with Crippen molar-refractivity contribution in [2.75, 3.05) is 31.5 Å². The van der Waals surface area contributed by atoms with Gasteiger partial charge in [-0.1, -0.05) is 19.1 Å². The van der Waals surface area contributed by atoms with Crippen LogP contribution in [0.1, 0.15) is 13.3 Å². The van der Waals surface area contributed by atoms with Crippen LogP contribution in [0.3, 0.4) is 0 Å². The van der Waals surface area contributed by atoms with E-state index < -0.39 is 0 Å². The normalized spacial score (nSPS) is 28.3. The van der Waals surface area contributed by atoms with Crippen molar-refractivity contribution < 1.29 is 4.74 Å². The van der Waals surface area contributed by atoms with Crippen LogP contribution < -0.4 is 10.1 Å². The summed E-state index contributed by atoms with van der Waals surface area (Å²) < 4.78 is 6.02. The largest absolute Gasteiger partial charge is 0.485 e. The number of hydrogen-bond acceptors (Lipinski definition) is 3. The Bertz CT molecular complexity index is 394. The molecule has 2 unspecified atom stereocenters. The molecule has 0 bridgehead atoms. The van der Waals surface area contributed by atoms with Crippen molar-refractivity contribution in [3.05, 3.63) is 24.3 Å². The number of nitrogens with zero attached hydrogens (tertiary/aromatic N) is 1. The Hall–Kier alpha value is -1.22. The Labute approximate surface area is 103 Å². The Morgan fingerprint density at radius 3 is 3.12 bits per heavy atom. The van der Waals surface area contributed by atoms with Gasteiger partial charge >= 0.3 is 0 Å². The molecule has 1 aromatic carbocycles. The Morgan fingerprint density at radius 1 is 1.41 bits per heavy atom. The molecule has 92 valence electrons. The zero-order valence-electron chi connectivity index (χ0n) is 10.4. The number of benzene rings is 1. The molecular weight excluding hydrogens is 212 g/mol. The van der Waals surface area contributed by atoms with Gasteiger partial charge in [-0.15, -0.1) is 0 Å². The van der Waals surface area contributed by atoms with E-state index in [2.05, 4.69) is 23.2 Å². The van der Waals surface area contributed by atoms with Gasteiger partial charge < -0.3 is 10.1 Å². The van der Waals surface area contributed by atoms with Gasteiger partial charge in [0.05, 0.1) is 12.2 Å². The molecule has 2 aliphatic rings. The quantitative estimate of drug-likeness (QED) is 0.846. The topological polar surface area (TPSA) is 24.5 Å². The van der Waals surface area contributed by atoms with Gasteiger partial charge in [0.2, 0.25) is 0 Å². The lowest BCUT2D eigenvalue weighted by molar-refractivity contribution is 0.149. The monoisotopic (exact) mass is 232 g/mol. The summed E-state index contributed by atoms with van der Waals surface area (Å²) in [7, 11) is 0. The zero-order valence-corrected chi connectivity index (χ0v) is 10.4. The summed E-state index contributed by atoms with van der Waals surface area (Å²) in [5.41, 5.74) is 1.12. The van der Waals surface area contributed by atoms with Gasteiger partial charge in [-0.2, -0.15) is 0 Å². The van der Waals surface area contributed by atoms with Crippen LogP contribution in [-0.4, -0.2) is 37.2 Å². The Kier molecular flexibility index (Phi) is 2.93. The van der Waals surface area contributed by atoms with Crippen molar-refractivity contribution in [2.24, 2.45) is 5.92 Å². The molecule has 3 rings (SSSR count). The molecule has 1 saturated heterocycles. The average molecular weight is 232 g/mol. The minimum Gasteiger partial charge on any atom is -0.485 e. The van der Waals surface area contributed by atoms with Gasteiger partial charge in [0.15, 0.2) is 0 Å². The van der Waals surface area contributed by atoms with E-state index >= 15 is 0 Å². The molecule has 1 N–H and O–H groups in total. The summed E-state index contributed by atoms with van der Waals surface area (Å²) in [6.07, 6.45) is 1.62. The van der Waals surface area contributed by atoms with Crippen molar-refractivity contribution in [1.82, 2.24) is 4.90 Å². The van der Waals surface area contributed by atoms with Gasteiger partial charge in [0, 0.05) is 13.1 Å². The fourth-order valence-electron chi connectivity index (χ4n) is 2.74. The van der Waals surface area contributed by atoms with Crippen LogP contribution in [0.25, 0.3) is 0 Å². The van der Waals surface area contributed by atoms with Gasteiger partial charge in [-0.3, -0.25) is 4.90 Å². The minimum atomic E-state index is 0.287. The molecule has 0 spiro atoms. The second kappa shape index (κ2) is 4.57. The number of hydrogen-bond donors (Lipinski definition) is 1. The molecule has 0 amide bonds. The van der Waals surface area contributed by atoms with Crippen molar-refractivity contribution in [2.45, 2.75) is 19.4 Å². The van der Waals surface area contributed by atoms with Crippen molar-refractivity contribution in [3.8, 4) is 5.75 Å². The number of para-hydroxylation sites is 2. The zero-order chi connectivity index (χ0) is 11.7. The maximum atomic E-state index is 6.02. The third kappa shape index (κ3) is 2.39. The lowest BCUT2D eigenvalue weighted by Gasteiger charge is -2.30. The van der Waals surface area contributed by atoms with Crippen molar-refractivity contribution in [3.63, 3.8) is 0 Å². The highest BCUT2D eigenvalue weighted by atomic mass is 16.5. The lowest BCUT2D eigenvalue weighted by Crippen LogP contribution is -2.40. The molecule has 0 aliphatic carbocycles. The molecule has 1 fully saturated rings. The SMILES string of the molecule is CC1CCN(CC2CNc3ccccc3O2)C1. The third-order valence-electron chi connectivity index (χ3n) is 3.67. The number of anilines is 1. The fraction of sp³-hybridized carbons (Fsp3) is 0.571. The standard InChI is InChI=1S/C14H20N2O/c1-11-6-7-16(9-11)10-12-8-15-13-4-2-3-5-14(13)17-12/h2-5,11-12,15H,6-10H2,1H3. The first-order valence-corrected chi connectivity index (χ1v) is 6.53. The van der Waals surface area contributed by atoms with E-state index in [-0.39, 0.29) is 6.10 Å². The summed E-state index contributed by atoms with van der Waals surface area (Å²) in [6.45, 7) is 6.74. The highest BCUT2D eigenvalue weighted by Gasteiger charge is 2.25. The molecule has 0 saturated carbocycles. The molecule has 3 heteroatoms.